The third-order valence-corrected chi connectivity index (χ3v) is 4.53. The summed E-state index contributed by atoms with van der Waals surface area (Å²) in [5.41, 5.74) is 0. The molecule has 2 aliphatic rings. The summed E-state index contributed by atoms with van der Waals surface area (Å²) in [6.45, 7) is 0.856. The van der Waals surface area contributed by atoms with Gasteiger partial charge >= 0.3 is 0 Å². The van der Waals surface area contributed by atoms with Gasteiger partial charge in [-0.2, -0.15) is 0 Å². The van der Waals surface area contributed by atoms with Gasteiger partial charge in [0, 0.05) is 33.1 Å². The summed E-state index contributed by atoms with van der Waals surface area (Å²) in [6, 6.07) is 0.701. The fraction of sp³-hybridized carbons (Fsp3) is 0.929. The quantitative estimate of drug-likeness (QED) is 0.768. The lowest BCUT2D eigenvalue weighted by atomic mass is 9.68. The topological polar surface area (TPSA) is 32.3 Å². The van der Waals surface area contributed by atoms with E-state index in [4.69, 9.17) is 0 Å². The SMILES string of the molecule is CN(C)C(=O)CCNC(C1CCC1)C1CCC1. The summed E-state index contributed by atoms with van der Waals surface area (Å²) in [5.74, 6) is 2.03. The molecule has 1 N–H and O–H groups in total. The van der Waals surface area contributed by atoms with Gasteiger partial charge < -0.3 is 10.2 Å². The molecular weight excluding hydrogens is 212 g/mol. The standard InChI is InChI=1S/C14H26N2O/c1-16(2)13(17)9-10-15-14(11-5-3-6-11)12-7-4-8-12/h11-12,14-15H,3-10H2,1-2H3. The van der Waals surface area contributed by atoms with E-state index in [1.54, 1.807) is 4.90 Å². The summed E-state index contributed by atoms with van der Waals surface area (Å²) < 4.78 is 0. The Bertz CT molecular complexity index is 243. The first-order chi connectivity index (χ1) is 8.18. The van der Waals surface area contributed by atoms with E-state index in [0.29, 0.717) is 12.5 Å². The highest BCUT2D eigenvalue weighted by molar-refractivity contribution is 5.75. The van der Waals surface area contributed by atoms with Crippen LogP contribution in [-0.4, -0.2) is 37.5 Å². The second kappa shape index (κ2) is 5.85. The van der Waals surface area contributed by atoms with Crippen LogP contribution in [0.4, 0.5) is 0 Å². The van der Waals surface area contributed by atoms with Crippen LogP contribution < -0.4 is 5.32 Å². The molecule has 3 nitrogen and oxygen atoms in total. The highest BCUT2D eigenvalue weighted by atomic mass is 16.2. The summed E-state index contributed by atoms with van der Waals surface area (Å²) in [6.07, 6.45) is 9.05. The van der Waals surface area contributed by atoms with E-state index in [2.05, 4.69) is 5.32 Å². The molecule has 0 aromatic rings. The Kier molecular flexibility index (Phi) is 4.43. The first kappa shape index (κ1) is 12.9. The Hall–Kier alpha value is -0.570. The molecule has 2 rings (SSSR count). The molecule has 0 aromatic carbocycles. The van der Waals surface area contributed by atoms with Gasteiger partial charge in [-0.1, -0.05) is 12.8 Å². The summed E-state index contributed by atoms with van der Waals surface area (Å²) >= 11 is 0. The molecule has 0 atom stereocenters. The second-order valence-electron chi connectivity index (χ2n) is 5.90. The van der Waals surface area contributed by atoms with Crippen molar-refractivity contribution in [3.63, 3.8) is 0 Å². The Morgan fingerprint density at radius 3 is 2.06 bits per heavy atom. The van der Waals surface area contributed by atoms with E-state index < -0.39 is 0 Å². The van der Waals surface area contributed by atoms with Gasteiger partial charge in [0.1, 0.15) is 0 Å². The smallest absolute Gasteiger partial charge is 0.223 e. The molecule has 0 spiro atoms. The third-order valence-electron chi connectivity index (χ3n) is 4.53. The first-order valence-electron chi connectivity index (χ1n) is 7.12. The summed E-state index contributed by atoms with van der Waals surface area (Å²) in [4.78, 5) is 13.2. The van der Waals surface area contributed by atoms with Crippen LogP contribution in [0.1, 0.15) is 44.9 Å². The molecule has 0 saturated heterocycles. The predicted molar refractivity (Wildman–Crippen MR) is 69.8 cm³/mol. The fourth-order valence-electron chi connectivity index (χ4n) is 2.89. The van der Waals surface area contributed by atoms with Gasteiger partial charge in [0.05, 0.1) is 0 Å². The fourth-order valence-corrected chi connectivity index (χ4v) is 2.89. The van der Waals surface area contributed by atoms with Crippen molar-refractivity contribution in [2.75, 3.05) is 20.6 Å². The van der Waals surface area contributed by atoms with Crippen LogP contribution in [-0.2, 0) is 4.79 Å². The highest BCUT2D eigenvalue weighted by Crippen LogP contribution is 2.39. The number of amides is 1. The number of hydrogen-bond acceptors (Lipinski definition) is 2. The number of carbonyl (C=O) groups excluding carboxylic acids is 1. The summed E-state index contributed by atoms with van der Waals surface area (Å²) in [5, 5.41) is 3.66. The number of carbonyl (C=O) groups is 1. The maximum Gasteiger partial charge on any atom is 0.223 e. The molecular formula is C14H26N2O. The minimum absolute atomic E-state index is 0.235. The number of rotatable bonds is 6. The molecule has 0 heterocycles. The Labute approximate surface area is 105 Å². The van der Waals surface area contributed by atoms with E-state index in [-0.39, 0.29) is 5.91 Å². The van der Waals surface area contributed by atoms with Crippen molar-refractivity contribution in [2.45, 2.75) is 51.0 Å². The van der Waals surface area contributed by atoms with Crippen molar-refractivity contribution in [2.24, 2.45) is 11.8 Å². The van der Waals surface area contributed by atoms with Crippen LogP contribution in [0.15, 0.2) is 0 Å². The first-order valence-corrected chi connectivity index (χ1v) is 7.12. The summed E-state index contributed by atoms with van der Waals surface area (Å²) in [7, 11) is 3.66. The van der Waals surface area contributed by atoms with Gasteiger partial charge in [-0.05, 0) is 37.5 Å². The van der Waals surface area contributed by atoms with Crippen LogP contribution in [0.5, 0.6) is 0 Å². The van der Waals surface area contributed by atoms with Crippen molar-refractivity contribution >= 4 is 5.91 Å². The van der Waals surface area contributed by atoms with Crippen molar-refractivity contribution in [1.82, 2.24) is 10.2 Å². The normalized spacial score (nSPS) is 21.1. The van der Waals surface area contributed by atoms with Crippen molar-refractivity contribution in [1.29, 1.82) is 0 Å². The number of nitrogens with one attached hydrogen (secondary N) is 1. The number of nitrogens with zero attached hydrogens (tertiary/aromatic N) is 1. The van der Waals surface area contributed by atoms with E-state index in [9.17, 15) is 4.79 Å². The number of hydrogen-bond donors (Lipinski definition) is 1. The Balaban J connectivity index is 1.71. The van der Waals surface area contributed by atoms with Gasteiger partial charge in [-0.3, -0.25) is 4.79 Å². The van der Waals surface area contributed by atoms with Gasteiger partial charge in [0.25, 0.3) is 0 Å². The molecule has 0 unspecified atom stereocenters. The zero-order valence-corrected chi connectivity index (χ0v) is 11.2. The van der Waals surface area contributed by atoms with E-state index >= 15 is 0 Å². The highest BCUT2D eigenvalue weighted by Gasteiger charge is 2.35. The van der Waals surface area contributed by atoms with Crippen LogP contribution in [0.25, 0.3) is 0 Å². The van der Waals surface area contributed by atoms with Crippen molar-refractivity contribution < 1.29 is 4.79 Å². The van der Waals surface area contributed by atoms with Crippen molar-refractivity contribution in [3.05, 3.63) is 0 Å². The zero-order valence-electron chi connectivity index (χ0n) is 11.2. The second-order valence-corrected chi connectivity index (χ2v) is 5.90. The maximum absolute atomic E-state index is 11.5. The average molecular weight is 238 g/mol. The van der Waals surface area contributed by atoms with Gasteiger partial charge in [-0.25, -0.2) is 0 Å². The molecule has 2 aliphatic carbocycles. The van der Waals surface area contributed by atoms with Crippen LogP contribution in [0.2, 0.25) is 0 Å². The minimum Gasteiger partial charge on any atom is -0.349 e. The Morgan fingerprint density at radius 1 is 1.18 bits per heavy atom. The molecule has 1 amide bonds. The maximum atomic E-state index is 11.5. The molecule has 0 bridgehead atoms. The molecule has 3 heteroatoms. The minimum atomic E-state index is 0.235. The molecule has 17 heavy (non-hydrogen) atoms. The molecule has 0 aromatic heterocycles. The Morgan fingerprint density at radius 2 is 1.71 bits per heavy atom. The van der Waals surface area contributed by atoms with E-state index in [1.165, 1.54) is 38.5 Å². The van der Waals surface area contributed by atoms with Gasteiger partial charge in [0.2, 0.25) is 5.91 Å². The van der Waals surface area contributed by atoms with Crippen LogP contribution in [0, 0.1) is 11.8 Å². The monoisotopic (exact) mass is 238 g/mol. The lowest BCUT2D eigenvalue weighted by Crippen LogP contribution is -2.48. The predicted octanol–water partition coefficient (Wildman–Crippen LogP) is 2.02. The van der Waals surface area contributed by atoms with Crippen molar-refractivity contribution in [3.8, 4) is 0 Å². The largest absolute Gasteiger partial charge is 0.349 e. The zero-order chi connectivity index (χ0) is 12.3. The third kappa shape index (κ3) is 3.21. The molecule has 98 valence electrons. The lowest BCUT2D eigenvalue weighted by molar-refractivity contribution is -0.128. The van der Waals surface area contributed by atoms with Crippen LogP contribution >= 0.6 is 0 Å². The van der Waals surface area contributed by atoms with Gasteiger partial charge in [-0.15, -0.1) is 0 Å². The molecule has 0 aliphatic heterocycles. The molecule has 0 radical (unpaired) electrons. The van der Waals surface area contributed by atoms with E-state index in [1.807, 2.05) is 14.1 Å². The average Bonchev–Trinajstić information content (AvgIpc) is 2.11. The van der Waals surface area contributed by atoms with Gasteiger partial charge in [0.15, 0.2) is 0 Å². The lowest BCUT2D eigenvalue weighted by Gasteiger charge is -2.43. The van der Waals surface area contributed by atoms with Crippen LogP contribution in [0.3, 0.4) is 0 Å². The molecule has 2 saturated carbocycles. The van der Waals surface area contributed by atoms with E-state index in [0.717, 1.165) is 18.4 Å². The molecule has 2 fully saturated rings.